The van der Waals surface area contributed by atoms with Gasteiger partial charge in [0, 0.05) is 25.0 Å². The summed E-state index contributed by atoms with van der Waals surface area (Å²) in [4.78, 5) is 58.3. The fourth-order valence-corrected chi connectivity index (χ4v) is 6.91. The number of Topliss-reactive ketones (excluding diaryl/α,β-unsaturated/α-hetero) is 3. The summed E-state index contributed by atoms with van der Waals surface area (Å²) >= 11 is 0. The van der Waals surface area contributed by atoms with Crippen LogP contribution in [0.2, 0.25) is 0 Å². The molecule has 5 rings (SSSR count). The predicted molar refractivity (Wildman–Crippen MR) is 158 cm³/mol. The van der Waals surface area contributed by atoms with Gasteiger partial charge >= 0.3 is 0 Å². The number of likely N-dealkylation sites (N-methyl/N-ethyl adjacent to an activating group) is 2. The quantitative estimate of drug-likeness (QED) is 0.215. The zero-order chi connectivity index (χ0) is 32.2. The molecule has 1 amide bonds. The van der Waals surface area contributed by atoms with E-state index in [1.807, 2.05) is 24.3 Å². The van der Waals surface area contributed by atoms with Crippen molar-refractivity contribution in [2.24, 2.45) is 17.6 Å². The topological polar surface area (TPSA) is 191 Å². The highest BCUT2D eigenvalue weighted by Crippen LogP contribution is 2.53. The van der Waals surface area contributed by atoms with Crippen LogP contribution in [-0.2, 0) is 36.9 Å². The van der Waals surface area contributed by atoms with Crippen LogP contribution < -0.4 is 5.73 Å². The van der Waals surface area contributed by atoms with E-state index < -0.39 is 58.0 Å². The van der Waals surface area contributed by atoms with Crippen molar-refractivity contribution in [2.75, 3.05) is 34.8 Å². The number of hydrogen-bond donors (Lipinski definition) is 5. The van der Waals surface area contributed by atoms with E-state index >= 15 is 0 Å². The number of aliphatic hydroxyl groups excluding tert-OH is 2. The van der Waals surface area contributed by atoms with Gasteiger partial charge in [0.2, 0.25) is 5.78 Å². The number of hydrogen-bond acceptors (Lipinski definition) is 11. The number of carbonyl (C=O) groups excluding carboxylic acids is 4. The molecule has 3 aliphatic rings. The number of primary amides is 1. The number of carbonyl (C=O) groups is 4. The molecule has 1 fully saturated rings. The molecule has 2 aromatic carbocycles. The molecule has 1 saturated carbocycles. The van der Waals surface area contributed by atoms with E-state index in [0.717, 1.165) is 11.1 Å². The molecule has 6 N–H and O–H groups in total. The predicted octanol–water partition coefficient (Wildman–Crippen LogP) is 1.24. The highest BCUT2D eigenvalue weighted by atomic mass is 16.7. The first-order chi connectivity index (χ1) is 20.7. The number of aromatic hydroxyl groups is 1. The summed E-state index contributed by atoms with van der Waals surface area (Å²) < 4.78 is 0. The Morgan fingerprint density at radius 2 is 1.70 bits per heavy atom. The van der Waals surface area contributed by atoms with Crippen molar-refractivity contribution in [1.82, 2.24) is 9.96 Å². The first-order valence-corrected chi connectivity index (χ1v) is 14.1. The summed E-state index contributed by atoms with van der Waals surface area (Å²) in [6.45, 7) is 0.131. The van der Waals surface area contributed by atoms with E-state index in [1.54, 1.807) is 27.2 Å². The highest BCUT2D eigenvalue weighted by Gasteiger charge is 2.64. The Morgan fingerprint density at radius 3 is 2.30 bits per heavy atom. The Labute approximate surface area is 253 Å². The standard InChI is InChI=1S/C32H35N3O9/c1-34(2)26-21-13-17-12-20-19(16-7-5-15(6-8-16)11-18(36)14-35(3)44-4)9-10-22(37)24(20)27(38)23(17)29(40)32(21,43)30(41)25(28(26)39)31(33)42/h5-10,17,21,26,37-38,41,43H,11-14H2,1-4H3,(H2,33,42). The van der Waals surface area contributed by atoms with Crippen molar-refractivity contribution < 1.29 is 44.4 Å². The average molecular weight is 606 g/mol. The Kier molecular flexibility index (Phi) is 7.97. The summed E-state index contributed by atoms with van der Waals surface area (Å²) in [7, 11) is 6.25. The lowest BCUT2D eigenvalue weighted by molar-refractivity contribution is -0.153. The minimum absolute atomic E-state index is 0.00215. The molecule has 0 saturated heterocycles. The molecule has 4 unspecified atom stereocenters. The van der Waals surface area contributed by atoms with Gasteiger partial charge in [-0.2, -0.15) is 5.06 Å². The van der Waals surface area contributed by atoms with Gasteiger partial charge in [-0.15, -0.1) is 0 Å². The normalized spacial score (nSPS) is 24.8. The largest absolute Gasteiger partial charge is 0.508 e. The number of nitrogens with zero attached hydrogens (tertiary/aromatic N) is 2. The van der Waals surface area contributed by atoms with Crippen LogP contribution in [0.4, 0.5) is 0 Å². The highest BCUT2D eigenvalue weighted by molar-refractivity contribution is 6.24. The maximum absolute atomic E-state index is 14.0. The van der Waals surface area contributed by atoms with Crippen LogP contribution in [0.5, 0.6) is 5.75 Å². The van der Waals surface area contributed by atoms with E-state index in [9.17, 15) is 39.6 Å². The van der Waals surface area contributed by atoms with Crippen LogP contribution in [0, 0.1) is 11.8 Å². The minimum atomic E-state index is -2.69. The zero-order valence-electron chi connectivity index (χ0n) is 24.8. The first kappa shape index (κ1) is 31.1. The second-order valence-corrected chi connectivity index (χ2v) is 11.8. The number of phenols is 1. The number of benzene rings is 2. The Balaban J connectivity index is 1.58. The maximum Gasteiger partial charge on any atom is 0.255 e. The van der Waals surface area contributed by atoms with Crippen molar-refractivity contribution in [3.8, 4) is 16.9 Å². The average Bonchev–Trinajstić information content (AvgIpc) is 2.95. The molecular weight excluding hydrogens is 570 g/mol. The van der Waals surface area contributed by atoms with Crippen molar-refractivity contribution in [2.45, 2.75) is 30.9 Å². The molecule has 2 aromatic rings. The second-order valence-electron chi connectivity index (χ2n) is 11.8. The summed E-state index contributed by atoms with van der Waals surface area (Å²) in [5, 5.41) is 46.5. The Hall–Kier alpha value is -4.36. The monoisotopic (exact) mass is 605 g/mol. The summed E-state index contributed by atoms with van der Waals surface area (Å²) in [6.07, 6.45) is 0.368. The fraction of sp³-hybridized carbons (Fsp3) is 0.375. The lowest BCUT2D eigenvalue weighted by Crippen LogP contribution is -2.65. The van der Waals surface area contributed by atoms with E-state index in [4.69, 9.17) is 10.6 Å². The van der Waals surface area contributed by atoms with Gasteiger partial charge in [0.15, 0.2) is 17.2 Å². The van der Waals surface area contributed by atoms with Crippen molar-refractivity contribution >= 4 is 29.0 Å². The number of phenolic OH excluding ortho intramolecular Hbond substituents is 1. The first-order valence-electron chi connectivity index (χ1n) is 14.1. The smallest absolute Gasteiger partial charge is 0.255 e. The van der Waals surface area contributed by atoms with Crippen molar-refractivity contribution in [1.29, 1.82) is 0 Å². The molecular formula is C32H35N3O9. The third-order valence-electron chi connectivity index (χ3n) is 8.98. The molecule has 0 spiro atoms. The molecule has 4 atom stereocenters. The van der Waals surface area contributed by atoms with E-state index in [-0.39, 0.29) is 48.5 Å². The minimum Gasteiger partial charge on any atom is -0.508 e. The molecule has 232 valence electrons. The molecule has 0 heterocycles. The van der Waals surface area contributed by atoms with Crippen LogP contribution in [0.15, 0.2) is 53.3 Å². The zero-order valence-corrected chi connectivity index (χ0v) is 24.8. The van der Waals surface area contributed by atoms with Crippen LogP contribution >= 0.6 is 0 Å². The lowest BCUT2D eigenvalue weighted by atomic mass is 9.57. The van der Waals surface area contributed by atoms with Gasteiger partial charge in [-0.3, -0.25) is 24.1 Å². The van der Waals surface area contributed by atoms with Gasteiger partial charge in [0.1, 0.15) is 22.8 Å². The molecule has 0 bridgehead atoms. The maximum atomic E-state index is 14.0. The summed E-state index contributed by atoms with van der Waals surface area (Å²) in [5.41, 5.74) is 4.40. The molecule has 12 heteroatoms. The lowest BCUT2D eigenvalue weighted by Gasteiger charge is -2.50. The van der Waals surface area contributed by atoms with Gasteiger partial charge in [-0.25, -0.2) is 0 Å². The fourth-order valence-electron chi connectivity index (χ4n) is 6.91. The molecule has 0 aromatic heterocycles. The summed E-state index contributed by atoms with van der Waals surface area (Å²) in [6, 6.07) is 9.20. The molecule has 0 radical (unpaired) electrons. The third kappa shape index (κ3) is 4.80. The summed E-state index contributed by atoms with van der Waals surface area (Å²) in [5.74, 6) is -6.99. The number of aliphatic hydroxyl groups is 3. The Bertz CT molecular complexity index is 1640. The van der Waals surface area contributed by atoms with Crippen LogP contribution in [-0.4, -0.2) is 100 Å². The van der Waals surface area contributed by atoms with Crippen molar-refractivity contribution in [3.05, 3.63) is 70.0 Å². The van der Waals surface area contributed by atoms with E-state index in [1.165, 1.54) is 23.1 Å². The Morgan fingerprint density at radius 1 is 1.05 bits per heavy atom. The molecule has 0 aliphatic heterocycles. The molecule has 12 nitrogen and oxygen atoms in total. The van der Waals surface area contributed by atoms with Crippen LogP contribution in [0.1, 0.15) is 23.1 Å². The number of amides is 1. The number of fused-ring (bicyclic) bond motifs is 3. The van der Waals surface area contributed by atoms with Crippen LogP contribution in [0.25, 0.3) is 16.9 Å². The van der Waals surface area contributed by atoms with Gasteiger partial charge in [0.25, 0.3) is 5.91 Å². The van der Waals surface area contributed by atoms with E-state index in [0.29, 0.717) is 11.1 Å². The van der Waals surface area contributed by atoms with Gasteiger partial charge in [0.05, 0.1) is 25.3 Å². The van der Waals surface area contributed by atoms with Gasteiger partial charge in [-0.1, -0.05) is 30.3 Å². The molecule has 44 heavy (non-hydrogen) atoms. The third-order valence-corrected chi connectivity index (χ3v) is 8.98. The van der Waals surface area contributed by atoms with Gasteiger partial charge < -0.3 is 31.0 Å². The second kappa shape index (κ2) is 11.3. The number of nitrogens with two attached hydrogens (primary N) is 1. The molecule has 3 aliphatic carbocycles. The van der Waals surface area contributed by atoms with Crippen LogP contribution in [0.3, 0.4) is 0 Å². The van der Waals surface area contributed by atoms with Gasteiger partial charge in [-0.05, 0) is 61.2 Å². The number of hydroxylamine groups is 2. The SMILES string of the molecule is CON(C)CC(=O)Cc1ccc(-c2ccc(O)c3c2CC2CC4C(N(C)C)C(=O)C(C(N)=O)=C(O)C4(O)C(=O)C2=C3O)cc1. The van der Waals surface area contributed by atoms with Crippen molar-refractivity contribution in [3.63, 3.8) is 0 Å². The number of rotatable bonds is 8. The van der Waals surface area contributed by atoms with E-state index in [2.05, 4.69) is 0 Å². The number of ketones is 3.